The van der Waals surface area contributed by atoms with Crippen LogP contribution in [0.25, 0.3) is 0 Å². The molecule has 0 fully saturated rings. The number of benzene rings is 1. The van der Waals surface area contributed by atoms with Crippen LogP contribution in [0.4, 0.5) is 17.1 Å². The third kappa shape index (κ3) is 3.45. The van der Waals surface area contributed by atoms with E-state index >= 15 is 0 Å². The number of carbonyl (C=O) groups excluding carboxylic acids is 3. The third-order valence-corrected chi connectivity index (χ3v) is 2.76. The van der Waals surface area contributed by atoms with Crippen molar-refractivity contribution in [3.8, 4) is 0 Å². The van der Waals surface area contributed by atoms with Crippen LogP contribution in [0.1, 0.15) is 6.92 Å². The molecular formula is C15H14N4O3. The Bertz CT molecular complexity index is 716. The van der Waals surface area contributed by atoms with Crippen molar-refractivity contribution in [1.82, 2.24) is 4.98 Å². The first-order chi connectivity index (χ1) is 10.5. The molecule has 0 aliphatic carbocycles. The van der Waals surface area contributed by atoms with E-state index in [1.807, 2.05) is 0 Å². The number of nitrogens with two attached hydrogens (primary N) is 1. The van der Waals surface area contributed by atoms with Crippen LogP contribution in [-0.2, 0) is 14.4 Å². The van der Waals surface area contributed by atoms with Gasteiger partial charge in [-0.3, -0.25) is 19.4 Å². The number of carbonyl (C=O) groups is 3. The Kier molecular flexibility index (Phi) is 4.47. The van der Waals surface area contributed by atoms with Crippen LogP contribution >= 0.6 is 0 Å². The maximum atomic E-state index is 12.2. The highest BCUT2D eigenvalue weighted by molar-refractivity contribution is 6.48. The number of imide groups is 1. The molecule has 3 N–H and O–H groups in total. The number of anilines is 3. The minimum absolute atomic E-state index is 0.235. The van der Waals surface area contributed by atoms with Crippen LogP contribution in [-0.4, -0.2) is 22.7 Å². The van der Waals surface area contributed by atoms with Gasteiger partial charge in [-0.05, 0) is 30.3 Å². The van der Waals surface area contributed by atoms with Gasteiger partial charge in [-0.1, -0.05) is 6.07 Å². The van der Waals surface area contributed by atoms with Crippen molar-refractivity contribution in [3.63, 3.8) is 0 Å². The van der Waals surface area contributed by atoms with Gasteiger partial charge in [0.15, 0.2) is 0 Å². The zero-order valence-electron chi connectivity index (χ0n) is 11.8. The second kappa shape index (κ2) is 6.49. The van der Waals surface area contributed by atoms with Crippen molar-refractivity contribution in [2.45, 2.75) is 6.92 Å². The lowest BCUT2D eigenvalue weighted by Crippen LogP contribution is -2.42. The summed E-state index contributed by atoms with van der Waals surface area (Å²) in [6.45, 7) is 1.19. The molecule has 0 atom stereocenters. The summed E-state index contributed by atoms with van der Waals surface area (Å²) < 4.78 is 0. The second-order valence-electron chi connectivity index (χ2n) is 4.45. The Morgan fingerprint density at radius 3 is 2.55 bits per heavy atom. The highest BCUT2D eigenvalue weighted by atomic mass is 16.2. The largest absolute Gasteiger partial charge is 0.399 e. The Labute approximate surface area is 126 Å². The predicted molar refractivity (Wildman–Crippen MR) is 81.9 cm³/mol. The molecular weight excluding hydrogens is 284 g/mol. The zero-order chi connectivity index (χ0) is 16.1. The summed E-state index contributed by atoms with van der Waals surface area (Å²) in [4.78, 5) is 40.6. The summed E-state index contributed by atoms with van der Waals surface area (Å²) in [7, 11) is 0. The first kappa shape index (κ1) is 15.2. The van der Waals surface area contributed by atoms with E-state index in [0.29, 0.717) is 11.4 Å². The van der Waals surface area contributed by atoms with Crippen LogP contribution in [0.15, 0.2) is 48.8 Å². The molecule has 0 saturated carbocycles. The number of amides is 3. The summed E-state index contributed by atoms with van der Waals surface area (Å²) >= 11 is 0. The smallest absolute Gasteiger partial charge is 0.323 e. The molecule has 0 aliphatic heterocycles. The molecule has 0 spiro atoms. The maximum absolute atomic E-state index is 12.2. The van der Waals surface area contributed by atoms with Gasteiger partial charge >= 0.3 is 11.8 Å². The van der Waals surface area contributed by atoms with Gasteiger partial charge in [0, 0.05) is 18.8 Å². The molecule has 0 aliphatic rings. The number of aromatic nitrogens is 1. The van der Waals surface area contributed by atoms with Gasteiger partial charge in [-0.2, -0.15) is 0 Å². The summed E-state index contributed by atoms with van der Waals surface area (Å²) in [6, 6.07) is 9.36. The molecule has 0 unspecified atom stereocenters. The quantitative estimate of drug-likeness (QED) is 0.640. The summed E-state index contributed by atoms with van der Waals surface area (Å²) in [5, 5.41) is 2.39. The topological polar surface area (TPSA) is 105 Å². The first-order valence-corrected chi connectivity index (χ1v) is 6.40. The Hall–Kier alpha value is -3.22. The van der Waals surface area contributed by atoms with Crippen molar-refractivity contribution in [2.24, 2.45) is 0 Å². The average molecular weight is 298 g/mol. The molecule has 1 aromatic heterocycles. The molecule has 1 aromatic carbocycles. The van der Waals surface area contributed by atoms with E-state index in [2.05, 4.69) is 10.3 Å². The molecule has 7 heteroatoms. The van der Waals surface area contributed by atoms with Crippen LogP contribution in [0.2, 0.25) is 0 Å². The summed E-state index contributed by atoms with van der Waals surface area (Å²) in [5.41, 5.74) is 6.61. The minimum atomic E-state index is -0.998. The number of nitrogens with one attached hydrogen (secondary N) is 1. The van der Waals surface area contributed by atoms with Crippen molar-refractivity contribution >= 4 is 34.8 Å². The summed E-state index contributed by atoms with van der Waals surface area (Å²) in [6.07, 6.45) is 2.93. The fourth-order valence-corrected chi connectivity index (χ4v) is 1.83. The lowest BCUT2D eigenvalue weighted by atomic mass is 10.2. The molecule has 0 saturated heterocycles. The number of rotatable bonds is 2. The van der Waals surface area contributed by atoms with Crippen LogP contribution in [0.3, 0.4) is 0 Å². The molecule has 1 heterocycles. The molecule has 22 heavy (non-hydrogen) atoms. The van der Waals surface area contributed by atoms with E-state index in [1.165, 1.54) is 31.5 Å². The molecule has 0 radical (unpaired) electrons. The monoisotopic (exact) mass is 298 g/mol. The number of nitrogens with zero attached hydrogens (tertiary/aromatic N) is 2. The van der Waals surface area contributed by atoms with E-state index in [1.54, 1.807) is 24.3 Å². The zero-order valence-corrected chi connectivity index (χ0v) is 11.8. The van der Waals surface area contributed by atoms with Crippen LogP contribution < -0.4 is 16.0 Å². The van der Waals surface area contributed by atoms with E-state index < -0.39 is 17.7 Å². The number of pyridine rings is 1. The second-order valence-corrected chi connectivity index (χ2v) is 4.45. The Balaban J connectivity index is 2.23. The van der Waals surface area contributed by atoms with E-state index in [0.717, 1.165) is 4.90 Å². The van der Waals surface area contributed by atoms with Crippen molar-refractivity contribution in [2.75, 3.05) is 16.0 Å². The third-order valence-electron chi connectivity index (χ3n) is 2.76. The number of hydrogen-bond acceptors (Lipinski definition) is 5. The number of hydrogen-bond donors (Lipinski definition) is 2. The number of nitrogen functional groups attached to an aromatic ring is 1. The fourth-order valence-electron chi connectivity index (χ4n) is 1.83. The van der Waals surface area contributed by atoms with E-state index in [4.69, 9.17) is 5.73 Å². The van der Waals surface area contributed by atoms with Gasteiger partial charge in [0.2, 0.25) is 5.91 Å². The molecule has 0 bridgehead atoms. The van der Waals surface area contributed by atoms with Gasteiger partial charge in [0.25, 0.3) is 0 Å². The molecule has 112 valence electrons. The molecule has 3 amide bonds. The van der Waals surface area contributed by atoms with Crippen molar-refractivity contribution < 1.29 is 14.4 Å². The van der Waals surface area contributed by atoms with Crippen LogP contribution in [0, 0.1) is 0 Å². The van der Waals surface area contributed by atoms with E-state index in [-0.39, 0.29) is 5.69 Å². The average Bonchev–Trinajstić information content (AvgIpc) is 2.48. The van der Waals surface area contributed by atoms with Gasteiger partial charge in [-0.15, -0.1) is 0 Å². The van der Waals surface area contributed by atoms with E-state index in [9.17, 15) is 14.4 Å². The summed E-state index contributed by atoms with van der Waals surface area (Å²) in [5.74, 6) is -2.52. The predicted octanol–water partition coefficient (Wildman–Crippen LogP) is 1.18. The fraction of sp³-hybridized carbons (Fsp3) is 0.0667. The maximum Gasteiger partial charge on any atom is 0.323 e. The SMILES string of the molecule is CC(=O)N(C(=O)C(=O)Nc1cccnc1)c1cccc(N)c1. The Morgan fingerprint density at radius 1 is 1.18 bits per heavy atom. The molecule has 7 nitrogen and oxygen atoms in total. The highest BCUT2D eigenvalue weighted by Crippen LogP contribution is 2.18. The Morgan fingerprint density at radius 2 is 1.95 bits per heavy atom. The van der Waals surface area contributed by atoms with Crippen molar-refractivity contribution in [3.05, 3.63) is 48.8 Å². The van der Waals surface area contributed by atoms with Gasteiger partial charge < -0.3 is 11.1 Å². The minimum Gasteiger partial charge on any atom is -0.399 e. The first-order valence-electron chi connectivity index (χ1n) is 6.40. The molecule has 2 aromatic rings. The van der Waals surface area contributed by atoms with Crippen LogP contribution in [0.5, 0.6) is 0 Å². The van der Waals surface area contributed by atoms with Gasteiger partial charge in [0.1, 0.15) is 0 Å². The van der Waals surface area contributed by atoms with Gasteiger partial charge in [-0.25, -0.2) is 4.90 Å². The lowest BCUT2D eigenvalue weighted by molar-refractivity contribution is -0.136. The normalized spacial score (nSPS) is 9.86. The highest BCUT2D eigenvalue weighted by Gasteiger charge is 2.27. The van der Waals surface area contributed by atoms with Gasteiger partial charge in [0.05, 0.1) is 17.6 Å². The standard InChI is InChI=1S/C15H14N4O3/c1-10(20)19(13-6-2-4-11(16)8-13)15(22)14(21)18-12-5-3-7-17-9-12/h2-9H,16H2,1H3,(H,18,21). The lowest BCUT2D eigenvalue weighted by Gasteiger charge is -2.18. The molecule has 2 rings (SSSR count). The van der Waals surface area contributed by atoms with Crippen molar-refractivity contribution in [1.29, 1.82) is 0 Å².